The number of rotatable bonds is 18. The topological polar surface area (TPSA) is 137 Å². The number of carbonyl (C=O) groups is 4. The van der Waals surface area contributed by atoms with Crippen molar-refractivity contribution < 1.29 is 45.6 Å². The molecule has 0 heterocycles. The van der Waals surface area contributed by atoms with Crippen LogP contribution in [0.25, 0.3) is 0 Å². The Kier molecular flexibility index (Phi) is 18.2. The lowest BCUT2D eigenvalue weighted by atomic mass is 10.1. The van der Waals surface area contributed by atoms with Crippen molar-refractivity contribution >= 4 is 63.6 Å². The molecule has 254 valence electrons. The molecule has 0 aliphatic heterocycles. The van der Waals surface area contributed by atoms with Crippen molar-refractivity contribution in [1.29, 1.82) is 0 Å². The number of nitrogens with two attached hydrogens (primary N) is 1. The Morgan fingerprint density at radius 2 is 1.34 bits per heavy atom. The third-order valence-corrected chi connectivity index (χ3v) is 12.8. The molecule has 0 radical (unpaired) electrons. The second-order valence-electron chi connectivity index (χ2n) is 10.4. The molecule has 12 heteroatoms. The summed E-state index contributed by atoms with van der Waals surface area (Å²) >= 11 is 0.850. The first-order valence-corrected chi connectivity index (χ1v) is 18.6. The zero-order valence-electron chi connectivity index (χ0n) is 26.8. The first-order valence-electron chi connectivity index (χ1n) is 15.5. The maximum Gasteiger partial charge on any atom is 0.325 e. The Morgan fingerprint density at radius 1 is 0.830 bits per heavy atom. The van der Waals surface area contributed by atoms with Gasteiger partial charge in [0, 0.05) is 18.6 Å². The lowest BCUT2D eigenvalue weighted by Crippen LogP contribution is -3.00. The summed E-state index contributed by atoms with van der Waals surface area (Å²) in [7, 11) is -2.00. The summed E-state index contributed by atoms with van der Waals surface area (Å²) in [6.07, 6.45) is 1.68. The first-order chi connectivity index (χ1) is 22.3. The molecule has 47 heavy (non-hydrogen) atoms. The Balaban J connectivity index is 0.00000768. The molecular formula is C35H45BrN3O6PS. The molecule has 0 saturated carbocycles. The molecule has 4 N–H and O–H groups in total. The molecule has 0 bridgehead atoms. The van der Waals surface area contributed by atoms with Crippen molar-refractivity contribution in [3.05, 3.63) is 91.0 Å². The van der Waals surface area contributed by atoms with Crippen LogP contribution < -0.4 is 49.3 Å². The number of amides is 2. The highest BCUT2D eigenvalue weighted by atomic mass is 79.9. The van der Waals surface area contributed by atoms with Crippen LogP contribution in [0.2, 0.25) is 0 Å². The number of nitrogens with one attached hydrogen (secondary N) is 2. The van der Waals surface area contributed by atoms with Crippen LogP contribution in [0.4, 0.5) is 0 Å². The lowest BCUT2D eigenvalue weighted by Gasteiger charge is -2.27. The second-order valence-corrected chi connectivity index (χ2v) is 15.1. The molecule has 3 rings (SSSR count). The van der Waals surface area contributed by atoms with E-state index < -0.39 is 43.1 Å². The molecule has 2 atom stereocenters. The standard InChI is InChI=1S/C35H44N3O6PS.BrH/c1-3-43-33(40)25-37-34(41)31(38-32(39)22-21-30(36)35(42)44-4-2)26-46-24-14-23-45(27-15-8-5-9-16-27,28-17-10-6-11-18-28)29-19-12-7-13-20-29;/h5-13,15-20,24,30-31,46H,3-4,14,21-23,25-26,36H2,1-2H3,(H-,37,38,39,41);1H/t30-,31-;/m0./s1. The number of thiol groups is 1. The highest BCUT2D eigenvalue weighted by molar-refractivity contribution is 7.98. The summed E-state index contributed by atoms with van der Waals surface area (Å²) in [4.78, 5) is 49.5. The van der Waals surface area contributed by atoms with Gasteiger partial charge in [-0.1, -0.05) is 60.0 Å². The van der Waals surface area contributed by atoms with Crippen LogP contribution in [0.3, 0.4) is 0 Å². The fourth-order valence-corrected chi connectivity index (χ4v) is 10.4. The van der Waals surface area contributed by atoms with E-state index in [0.717, 1.165) is 23.9 Å². The molecule has 2 amide bonds. The minimum Gasteiger partial charge on any atom is -1.00 e. The van der Waals surface area contributed by atoms with Gasteiger partial charge in [-0.25, -0.2) is 11.4 Å². The monoisotopic (exact) mass is 745 g/mol. The van der Waals surface area contributed by atoms with Crippen molar-refractivity contribution in [2.45, 2.75) is 45.2 Å². The number of ether oxygens (including phenoxy) is 2. The maximum absolute atomic E-state index is 13.1. The summed E-state index contributed by atoms with van der Waals surface area (Å²) in [5, 5.41) is 11.3. The first kappa shape index (κ1) is 39.8. The van der Waals surface area contributed by atoms with E-state index in [2.05, 4.69) is 88.8 Å². The van der Waals surface area contributed by atoms with E-state index in [9.17, 15) is 19.2 Å². The van der Waals surface area contributed by atoms with Gasteiger partial charge in [-0.15, -0.1) is 0 Å². The predicted molar refractivity (Wildman–Crippen MR) is 190 cm³/mol. The SMILES string of the molecule is CCOC(=O)CNC(=O)[C@H](C[SH]=CCC[P+](c1ccccc1)(c1ccccc1)c1ccccc1)NC(=O)CC[C@H](N)C(=O)OCC.[Br-]. The van der Waals surface area contributed by atoms with Gasteiger partial charge in [-0.2, -0.15) is 0 Å². The molecule has 0 fully saturated rings. The maximum atomic E-state index is 13.1. The molecule has 9 nitrogen and oxygen atoms in total. The fourth-order valence-electron chi connectivity index (χ4n) is 5.01. The largest absolute Gasteiger partial charge is 1.00 e. The van der Waals surface area contributed by atoms with Crippen LogP contribution >= 0.6 is 18.6 Å². The van der Waals surface area contributed by atoms with E-state index in [-0.39, 0.29) is 49.6 Å². The van der Waals surface area contributed by atoms with E-state index in [1.165, 1.54) is 15.9 Å². The molecule has 0 unspecified atom stereocenters. The van der Waals surface area contributed by atoms with E-state index in [0.29, 0.717) is 5.75 Å². The van der Waals surface area contributed by atoms with Gasteiger partial charge in [0.2, 0.25) is 11.8 Å². The third kappa shape index (κ3) is 12.3. The van der Waals surface area contributed by atoms with Crippen molar-refractivity contribution in [1.82, 2.24) is 10.6 Å². The lowest BCUT2D eigenvalue weighted by molar-refractivity contribution is -0.145. The van der Waals surface area contributed by atoms with Crippen LogP contribution in [0, 0.1) is 0 Å². The van der Waals surface area contributed by atoms with Gasteiger partial charge in [-0.05, 0) is 56.7 Å². The number of carbonyl (C=O) groups excluding carboxylic acids is 4. The minimum absolute atomic E-state index is 0. The van der Waals surface area contributed by atoms with Gasteiger partial charge in [-0.3, -0.25) is 19.2 Å². The Labute approximate surface area is 292 Å². The van der Waals surface area contributed by atoms with Gasteiger partial charge in [0.05, 0.1) is 19.4 Å². The van der Waals surface area contributed by atoms with E-state index in [4.69, 9.17) is 15.2 Å². The number of hydrogen-bond donors (Lipinski definition) is 4. The zero-order chi connectivity index (χ0) is 33.2. The van der Waals surface area contributed by atoms with Crippen LogP contribution in [0.1, 0.15) is 33.1 Å². The minimum atomic E-state index is -2.00. The van der Waals surface area contributed by atoms with Gasteiger partial charge in [0.15, 0.2) is 0 Å². The Hall–Kier alpha value is -3.37. The van der Waals surface area contributed by atoms with Crippen LogP contribution in [0.5, 0.6) is 0 Å². The molecule has 0 aromatic heterocycles. The van der Waals surface area contributed by atoms with Crippen molar-refractivity contribution in [3.63, 3.8) is 0 Å². The Morgan fingerprint density at radius 3 is 1.83 bits per heavy atom. The molecule has 3 aromatic rings. The van der Waals surface area contributed by atoms with Gasteiger partial charge in [0.25, 0.3) is 0 Å². The van der Waals surface area contributed by atoms with Crippen molar-refractivity contribution in [3.8, 4) is 0 Å². The van der Waals surface area contributed by atoms with E-state index >= 15 is 0 Å². The average molecular weight is 747 g/mol. The van der Waals surface area contributed by atoms with Crippen molar-refractivity contribution in [2.75, 3.05) is 31.7 Å². The summed E-state index contributed by atoms with van der Waals surface area (Å²) in [6.45, 7) is 3.46. The zero-order valence-corrected chi connectivity index (χ0v) is 30.2. The summed E-state index contributed by atoms with van der Waals surface area (Å²) in [5.74, 6) is -1.75. The van der Waals surface area contributed by atoms with E-state index in [1.807, 2.05) is 18.2 Å². The molecule has 0 aliphatic carbocycles. The predicted octanol–water partition coefficient (Wildman–Crippen LogP) is -0.523. The van der Waals surface area contributed by atoms with Gasteiger partial charge in [0.1, 0.15) is 41.8 Å². The van der Waals surface area contributed by atoms with Gasteiger partial charge >= 0.3 is 11.9 Å². The smallest absolute Gasteiger partial charge is 0.325 e. The Bertz CT molecular complexity index is 1340. The van der Waals surface area contributed by atoms with E-state index in [1.54, 1.807) is 13.8 Å². The quantitative estimate of drug-likeness (QED) is 0.0596. The number of benzene rings is 3. The van der Waals surface area contributed by atoms with Gasteiger partial charge < -0.3 is 42.8 Å². The van der Waals surface area contributed by atoms with Crippen LogP contribution in [-0.2, 0) is 28.7 Å². The molecular weight excluding hydrogens is 701 g/mol. The van der Waals surface area contributed by atoms with Crippen molar-refractivity contribution in [2.24, 2.45) is 5.73 Å². The third-order valence-electron chi connectivity index (χ3n) is 7.24. The highest BCUT2D eigenvalue weighted by Crippen LogP contribution is 2.55. The summed E-state index contributed by atoms with van der Waals surface area (Å²) < 4.78 is 9.82. The molecule has 0 aliphatic rings. The molecule has 0 saturated heterocycles. The molecule has 3 aromatic carbocycles. The number of esters is 2. The number of hydrogen-bond acceptors (Lipinski definition) is 7. The highest BCUT2D eigenvalue weighted by Gasteiger charge is 2.44. The average Bonchev–Trinajstić information content (AvgIpc) is 3.08. The normalized spacial score (nSPS) is 12.5. The van der Waals surface area contributed by atoms with Crippen LogP contribution in [-0.4, -0.2) is 72.9 Å². The summed E-state index contributed by atoms with van der Waals surface area (Å²) in [5.41, 5.74) is 5.84. The number of halogens is 1. The van der Waals surface area contributed by atoms with Crippen LogP contribution in [0.15, 0.2) is 91.0 Å². The fraction of sp³-hybridized carbons (Fsp3) is 0.343. The molecule has 0 spiro atoms. The summed E-state index contributed by atoms with van der Waals surface area (Å²) in [6, 6.07) is 30.0. The second kappa shape index (κ2) is 21.5.